The van der Waals surface area contributed by atoms with Gasteiger partial charge in [0.05, 0.1) is 6.10 Å². The summed E-state index contributed by atoms with van der Waals surface area (Å²) in [5, 5.41) is 9.93. The van der Waals surface area contributed by atoms with E-state index in [1.807, 2.05) is 0 Å². The molecular formula is C14H26O. The molecule has 1 rings (SSSR count). The first-order valence-electron chi connectivity index (χ1n) is 6.20. The van der Waals surface area contributed by atoms with E-state index in [2.05, 4.69) is 34.6 Å². The van der Waals surface area contributed by atoms with Gasteiger partial charge in [-0.15, -0.1) is 0 Å². The molecule has 1 aliphatic carbocycles. The number of allylic oxidation sites excluding steroid dienone is 1. The molecule has 0 fully saturated rings. The summed E-state index contributed by atoms with van der Waals surface area (Å²) in [6, 6.07) is 0. The van der Waals surface area contributed by atoms with E-state index in [-0.39, 0.29) is 6.10 Å². The van der Waals surface area contributed by atoms with Crippen molar-refractivity contribution in [2.45, 2.75) is 66.4 Å². The Kier molecular flexibility index (Phi) is 3.99. The molecule has 0 aromatic heterocycles. The maximum Gasteiger partial charge on any atom is 0.0579 e. The first kappa shape index (κ1) is 12.8. The van der Waals surface area contributed by atoms with Crippen LogP contribution in [0.1, 0.15) is 60.3 Å². The molecule has 15 heavy (non-hydrogen) atoms. The summed E-state index contributed by atoms with van der Waals surface area (Å²) in [6.45, 7) is 11.2. The SMILES string of the molecule is CC1=C(CC(O)CC(C)C)CCC1(C)C. The highest BCUT2D eigenvalue weighted by molar-refractivity contribution is 5.25. The van der Waals surface area contributed by atoms with Crippen LogP contribution in [0.5, 0.6) is 0 Å². The van der Waals surface area contributed by atoms with Gasteiger partial charge in [-0.2, -0.15) is 0 Å². The monoisotopic (exact) mass is 210 g/mol. The predicted molar refractivity (Wildman–Crippen MR) is 65.8 cm³/mol. The molecule has 1 nitrogen and oxygen atoms in total. The van der Waals surface area contributed by atoms with Crippen LogP contribution < -0.4 is 0 Å². The number of hydrogen-bond donors (Lipinski definition) is 1. The number of hydrogen-bond acceptors (Lipinski definition) is 1. The molecule has 0 aromatic carbocycles. The van der Waals surface area contributed by atoms with E-state index >= 15 is 0 Å². The second-order valence-corrected chi connectivity index (χ2v) is 6.10. The fourth-order valence-corrected chi connectivity index (χ4v) is 2.48. The van der Waals surface area contributed by atoms with Crippen molar-refractivity contribution in [1.82, 2.24) is 0 Å². The summed E-state index contributed by atoms with van der Waals surface area (Å²) >= 11 is 0. The van der Waals surface area contributed by atoms with E-state index in [4.69, 9.17) is 0 Å². The summed E-state index contributed by atoms with van der Waals surface area (Å²) in [6.07, 6.45) is 4.13. The Bertz CT molecular complexity index is 248. The summed E-state index contributed by atoms with van der Waals surface area (Å²) in [7, 11) is 0. The van der Waals surface area contributed by atoms with Gasteiger partial charge < -0.3 is 5.11 Å². The standard InChI is InChI=1S/C14H26O/c1-10(2)8-13(15)9-12-6-7-14(4,5)11(12)3/h10,13,15H,6-9H2,1-5H3. The molecule has 1 atom stereocenters. The van der Waals surface area contributed by atoms with Gasteiger partial charge in [0.2, 0.25) is 0 Å². The number of aliphatic hydroxyl groups excluding tert-OH is 1. The van der Waals surface area contributed by atoms with E-state index in [0.29, 0.717) is 11.3 Å². The van der Waals surface area contributed by atoms with E-state index in [9.17, 15) is 5.11 Å². The molecule has 1 heteroatoms. The molecule has 1 aliphatic rings. The zero-order chi connectivity index (χ0) is 11.6. The van der Waals surface area contributed by atoms with Crippen molar-refractivity contribution in [3.05, 3.63) is 11.1 Å². The quantitative estimate of drug-likeness (QED) is 0.697. The molecule has 1 unspecified atom stereocenters. The van der Waals surface area contributed by atoms with Gasteiger partial charge in [0.15, 0.2) is 0 Å². The van der Waals surface area contributed by atoms with Crippen LogP contribution in [-0.2, 0) is 0 Å². The highest BCUT2D eigenvalue weighted by atomic mass is 16.3. The van der Waals surface area contributed by atoms with Crippen LogP contribution in [0.3, 0.4) is 0 Å². The van der Waals surface area contributed by atoms with Crippen LogP contribution >= 0.6 is 0 Å². The zero-order valence-corrected chi connectivity index (χ0v) is 10.9. The maximum absolute atomic E-state index is 9.93. The second kappa shape index (κ2) is 4.69. The highest BCUT2D eigenvalue weighted by Gasteiger charge is 2.29. The Labute approximate surface area is 94.6 Å². The van der Waals surface area contributed by atoms with Crippen LogP contribution in [0.4, 0.5) is 0 Å². The molecule has 0 aliphatic heterocycles. The minimum absolute atomic E-state index is 0.135. The first-order valence-corrected chi connectivity index (χ1v) is 6.20. The van der Waals surface area contributed by atoms with Crippen molar-refractivity contribution >= 4 is 0 Å². The Morgan fingerprint density at radius 2 is 1.93 bits per heavy atom. The molecule has 0 saturated carbocycles. The van der Waals surface area contributed by atoms with Gasteiger partial charge in [-0.3, -0.25) is 0 Å². The van der Waals surface area contributed by atoms with Crippen molar-refractivity contribution in [3.8, 4) is 0 Å². The van der Waals surface area contributed by atoms with Crippen molar-refractivity contribution in [3.63, 3.8) is 0 Å². The fraction of sp³-hybridized carbons (Fsp3) is 0.857. The Hall–Kier alpha value is -0.300. The number of aliphatic hydroxyl groups is 1. The van der Waals surface area contributed by atoms with Crippen LogP contribution in [-0.4, -0.2) is 11.2 Å². The minimum Gasteiger partial charge on any atom is -0.393 e. The molecule has 0 amide bonds. The smallest absolute Gasteiger partial charge is 0.0579 e. The average Bonchev–Trinajstić information content (AvgIpc) is 2.30. The summed E-state index contributed by atoms with van der Waals surface area (Å²) < 4.78 is 0. The lowest BCUT2D eigenvalue weighted by Gasteiger charge is -2.20. The van der Waals surface area contributed by atoms with Gasteiger partial charge in [-0.25, -0.2) is 0 Å². The third-order valence-corrected chi connectivity index (χ3v) is 3.82. The second-order valence-electron chi connectivity index (χ2n) is 6.10. The lowest BCUT2D eigenvalue weighted by molar-refractivity contribution is 0.148. The molecule has 0 spiro atoms. The highest BCUT2D eigenvalue weighted by Crippen LogP contribution is 2.43. The normalized spacial score (nSPS) is 22.6. The molecular weight excluding hydrogens is 184 g/mol. The van der Waals surface area contributed by atoms with Crippen molar-refractivity contribution in [1.29, 1.82) is 0 Å². The van der Waals surface area contributed by atoms with Crippen molar-refractivity contribution in [2.75, 3.05) is 0 Å². The van der Waals surface area contributed by atoms with Gasteiger partial charge in [0.25, 0.3) is 0 Å². The molecule has 0 bridgehead atoms. The Morgan fingerprint density at radius 1 is 1.33 bits per heavy atom. The van der Waals surface area contributed by atoms with Gasteiger partial charge in [0, 0.05) is 0 Å². The third kappa shape index (κ3) is 3.34. The van der Waals surface area contributed by atoms with E-state index in [1.54, 1.807) is 0 Å². The van der Waals surface area contributed by atoms with Gasteiger partial charge >= 0.3 is 0 Å². The molecule has 0 aromatic rings. The molecule has 88 valence electrons. The summed E-state index contributed by atoms with van der Waals surface area (Å²) in [5.41, 5.74) is 3.39. The Morgan fingerprint density at radius 3 is 2.33 bits per heavy atom. The minimum atomic E-state index is -0.135. The number of rotatable bonds is 4. The lowest BCUT2D eigenvalue weighted by Crippen LogP contribution is -2.11. The van der Waals surface area contributed by atoms with Gasteiger partial charge in [-0.1, -0.05) is 38.8 Å². The largest absolute Gasteiger partial charge is 0.393 e. The van der Waals surface area contributed by atoms with Crippen LogP contribution in [0, 0.1) is 11.3 Å². The van der Waals surface area contributed by atoms with E-state index < -0.39 is 0 Å². The zero-order valence-electron chi connectivity index (χ0n) is 10.9. The fourth-order valence-electron chi connectivity index (χ4n) is 2.48. The van der Waals surface area contributed by atoms with Gasteiger partial charge in [0.1, 0.15) is 0 Å². The molecule has 0 heterocycles. The molecule has 0 saturated heterocycles. The molecule has 1 N–H and O–H groups in total. The van der Waals surface area contributed by atoms with E-state index in [0.717, 1.165) is 12.8 Å². The van der Waals surface area contributed by atoms with Crippen LogP contribution in [0.25, 0.3) is 0 Å². The van der Waals surface area contributed by atoms with Gasteiger partial charge in [-0.05, 0) is 43.9 Å². The molecule has 0 radical (unpaired) electrons. The Balaban J connectivity index is 2.56. The van der Waals surface area contributed by atoms with Crippen molar-refractivity contribution in [2.24, 2.45) is 11.3 Å². The first-order chi connectivity index (χ1) is 6.83. The summed E-state index contributed by atoms with van der Waals surface area (Å²) in [5.74, 6) is 0.593. The average molecular weight is 210 g/mol. The third-order valence-electron chi connectivity index (χ3n) is 3.82. The summed E-state index contributed by atoms with van der Waals surface area (Å²) in [4.78, 5) is 0. The maximum atomic E-state index is 9.93. The van der Waals surface area contributed by atoms with Crippen molar-refractivity contribution < 1.29 is 5.11 Å². The van der Waals surface area contributed by atoms with Crippen LogP contribution in [0.2, 0.25) is 0 Å². The predicted octanol–water partition coefficient (Wildman–Crippen LogP) is 3.92. The topological polar surface area (TPSA) is 20.2 Å². The lowest BCUT2D eigenvalue weighted by atomic mass is 9.86. The van der Waals surface area contributed by atoms with E-state index in [1.165, 1.54) is 24.0 Å². The van der Waals surface area contributed by atoms with Crippen LogP contribution in [0.15, 0.2) is 11.1 Å².